The molecule has 20 heavy (non-hydrogen) atoms. The zero-order chi connectivity index (χ0) is 14.5. The number of ether oxygens (including phenoxy) is 1. The van der Waals surface area contributed by atoms with Crippen molar-refractivity contribution in [2.75, 3.05) is 0 Å². The van der Waals surface area contributed by atoms with Gasteiger partial charge in [0.15, 0.2) is 0 Å². The van der Waals surface area contributed by atoms with Gasteiger partial charge in [-0.25, -0.2) is 8.42 Å². The van der Waals surface area contributed by atoms with Crippen LogP contribution in [0.3, 0.4) is 0 Å². The van der Waals surface area contributed by atoms with E-state index in [0.717, 1.165) is 16.9 Å². The maximum absolute atomic E-state index is 11.5. The van der Waals surface area contributed by atoms with Crippen LogP contribution in [0.4, 0.5) is 0 Å². The first kappa shape index (κ1) is 13.5. The molecule has 0 fully saturated rings. The van der Waals surface area contributed by atoms with Gasteiger partial charge in [0.05, 0.1) is 4.90 Å². The van der Waals surface area contributed by atoms with E-state index < -0.39 is 9.05 Å². The van der Waals surface area contributed by atoms with Crippen molar-refractivity contribution in [2.24, 2.45) is 0 Å². The lowest BCUT2D eigenvalue weighted by Gasteiger charge is -2.34. The van der Waals surface area contributed by atoms with Crippen LogP contribution in [0, 0.1) is 0 Å². The van der Waals surface area contributed by atoms with Gasteiger partial charge in [-0.2, -0.15) is 0 Å². The number of benzene rings is 2. The Morgan fingerprint density at radius 3 is 2.35 bits per heavy atom. The van der Waals surface area contributed by atoms with E-state index in [2.05, 4.69) is 0 Å². The van der Waals surface area contributed by atoms with Gasteiger partial charge in [0.25, 0.3) is 9.05 Å². The van der Waals surface area contributed by atoms with Crippen molar-refractivity contribution >= 4 is 19.7 Å². The molecule has 3 rings (SSSR count). The van der Waals surface area contributed by atoms with Gasteiger partial charge in [0.1, 0.15) is 11.5 Å². The third-order valence-corrected chi connectivity index (χ3v) is 5.04. The molecular formula is C15H13ClO3S. The predicted octanol–water partition coefficient (Wildman–Crippen LogP) is 4.05. The Balaban J connectivity index is 2.25. The molecule has 2 aromatic carbocycles. The molecule has 0 aromatic heterocycles. The van der Waals surface area contributed by atoms with Gasteiger partial charge in [-0.05, 0) is 24.3 Å². The minimum atomic E-state index is -3.75. The molecule has 104 valence electrons. The topological polar surface area (TPSA) is 43.4 Å². The van der Waals surface area contributed by atoms with Crippen LogP contribution >= 0.6 is 10.7 Å². The minimum absolute atomic E-state index is 0.0916. The summed E-state index contributed by atoms with van der Waals surface area (Å²) in [7, 11) is 1.68. The average Bonchev–Trinajstić information content (AvgIpc) is 2.37. The van der Waals surface area contributed by atoms with Crippen LogP contribution in [0.25, 0.3) is 0 Å². The van der Waals surface area contributed by atoms with Gasteiger partial charge in [-0.3, -0.25) is 0 Å². The fourth-order valence-corrected chi connectivity index (χ4v) is 3.35. The molecule has 0 unspecified atom stereocenters. The molecule has 5 heteroatoms. The van der Waals surface area contributed by atoms with E-state index in [4.69, 9.17) is 15.4 Å². The van der Waals surface area contributed by atoms with Gasteiger partial charge >= 0.3 is 0 Å². The first-order chi connectivity index (χ1) is 9.30. The SMILES string of the molecule is CC1(C)c2ccccc2Oc2ccc(S(=O)(=O)Cl)cc21. The Bertz CT molecular complexity index is 795. The summed E-state index contributed by atoms with van der Waals surface area (Å²) < 4.78 is 28.8. The van der Waals surface area contributed by atoms with E-state index in [1.807, 2.05) is 38.1 Å². The van der Waals surface area contributed by atoms with Crippen LogP contribution in [-0.4, -0.2) is 8.42 Å². The van der Waals surface area contributed by atoms with Gasteiger partial charge in [0.2, 0.25) is 0 Å². The summed E-state index contributed by atoms with van der Waals surface area (Å²) >= 11 is 0. The highest BCUT2D eigenvalue weighted by molar-refractivity contribution is 8.13. The Morgan fingerprint density at radius 2 is 1.65 bits per heavy atom. The Morgan fingerprint density at radius 1 is 1.00 bits per heavy atom. The predicted molar refractivity (Wildman–Crippen MR) is 78.1 cm³/mol. The fourth-order valence-electron chi connectivity index (χ4n) is 2.57. The molecule has 0 radical (unpaired) electrons. The number of hydrogen-bond acceptors (Lipinski definition) is 3. The smallest absolute Gasteiger partial charge is 0.261 e. The monoisotopic (exact) mass is 308 g/mol. The van der Waals surface area contributed by atoms with Gasteiger partial charge in [-0.15, -0.1) is 0 Å². The highest BCUT2D eigenvalue weighted by Gasteiger charge is 2.34. The Hall–Kier alpha value is -1.52. The maximum atomic E-state index is 11.5. The second-order valence-corrected chi connectivity index (χ2v) is 7.88. The number of para-hydroxylation sites is 1. The third kappa shape index (κ3) is 2.00. The molecule has 1 aliphatic rings. The molecule has 0 atom stereocenters. The molecule has 0 bridgehead atoms. The summed E-state index contributed by atoms with van der Waals surface area (Å²) in [6, 6.07) is 12.5. The lowest BCUT2D eigenvalue weighted by atomic mass is 9.76. The highest BCUT2D eigenvalue weighted by atomic mass is 35.7. The van der Waals surface area contributed by atoms with Crippen LogP contribution in [0.2, 0.25) is 0 Å². The lowest BCUT2D eigenvalue weighted by molar-refractivity contribution is 0.417. The summed E-state index contributed by atoms with van der Waals surface area (Å²) in [5.41, 5.74) is 1.50. The summed E-state index contributed by atoms with van der Waals surface area (Å²) in [6.45, 7) is 4.08. The molecule has 0 spiro atoms. The van der Waals surface area contributed by atoms with Gasteiger partial charge in [-0.1, -0.05) is 32.0 Å². The van der Waals surface area contributed by atoms with Crippen LogP contribution in [-0.2, 0) is 14.5 Å². The van der Waals surface area contributed by atoms with Gasteiger partial charge < -0.3 is 4.74 Å². The van der Waals surface area contributed by atoms with Crippen molar-refractivity contribution in [3.05, 3.63) is 53.6 Å². The van der Waals surface area contributed by atoms with Crippen molar-refractivity contribution in [1.29, 1.82) is 0 Å². The second-order valence-electron chi connectivity index (χ2n) is 5.32. The molecule has 0 N–H and O–H groups in total. The Kier molecular flexibility index (Phi) is 2.85. The van der Waals surface area contributed by atoms with Crippen LogP contribution in [0.5, 0.6) is 11.5 Å². The zero-order valence-electron chi connectivity index (χ0n) is 11.1. The molecule has 1 aliphatic heterocycles. The molecule has 0 saturated carbocycles. The molecular weight excluding hydrogens is 296 g/mol. The van der Waals surface area contributed by atoms with E-state index in [1.54, 1.807) is 12.1 Å². The van der Waals surface area contributed by atoms with E-state index in [-0.39, 0.29) is 10.3 Å². The third-order valence-electron chi connectivity index (χ3n) is 3.69. The van der Waals surface area contributed by atoms with Gasteiger partial charge in [0, 0.05) is 27.2 Å². The van der Waals surface area contributed by atoms with E-state index >= 15 is 0 Å². The molecule has 2 aromatic rings. The quantitative estimate of drug-likeness (QED) is 0.747. The second kappa shape index (κ2) is 4.24. The maximum Gasteiger partial charge on any atom is 0.261 e. The normalized spacial score (nSPS) is 15.9. The first-order valence-corrected chi connectivity index (χ1v) is 8.47. The minimum Gasteiger partial charge on any atom is -0.457 e. The standard InChI is InChI=1S/C15H13ClO3S/c1-15(2)11-5-3-4-6-13(11)19-14-8-7-10(9-12(14)15)20(16,17)18/h3-9H,1-2H3. The number of hydrogen-bond donors (Lipinski definition) is 0. The first-order valence-electron chi connectivity index (χ1n) is 6.17. The molecule has 3 nitrogen and oxygen atoms in total. The number of rotatable bonds is 1. The van der Waals surface area contributed by atoms with Crippen LogP contribution in [0.1, 0.15) is 25.0 Å². The zero-order valence-corrected chi connectivity index (χ0v) is 12.6. The number of halogens is 1. The molecule has 0 aliphatic carbocycles. The highest BCUT2D eigenvalue weighted by Crippen LogP contribution is 2.48. The van der Waals surface area contributed by atoms with Crippen molar-refractivity contribution in [2.45, 2.75) is 24.2 Å². The largest absolute Gasteiger partial charge is 0.457 e. The molecule has 0 amide bonds. The van der Waals surface area contributed by atoms with E-state index in [9.17, 15) is 8.42 Å². The molecule has 0 saturated heterocycles. The summed E-state index contributed by atoms with van der Waals surface area (Å²) in [5, 5.41) is 0. The van der Waals surface area contributed by atoms with Crippen LogP contribution in [0.15, 0.2) is 47.4 Å². The van der Waals surface area contributed by atoms with Crippen molar-refractivity contribution < 1.29 is 13.2 Å². The fraction of sp³-hybridized carbons (Fsp3) is 0.200. The Labute approximate surface area is 122 Å². The van der Waals surface area contributed by atoms with E-state index in [0.29, 0.717) is 5.75 Å². The number of fused-ring (bicyclic) bond motifs is 2. The van der Waals surface area contributed by atoms with Crippen molar-refractivity contribution in [3.8, 4) is 11.5 Å². The summed E-state index contributed by atoms with van der Waals surface area (Å²) in [4.78, 5) is 0.0916. The van der Waals surface area contributed by atoms with Crippen molar-refractivity contribution in [3.63, 3.8) is 0 Å². The molecule has 1 heterocycles. The lowest BCUT2D eigenvalue weighted by Crippen LogP contribution is -2.24. The van der Waals surface area contributed by atoms with Crippen LogP contribution < -0.4 is 4.74 Å². The van der Waals surface area contributed by atoms with Crippen molar-refractivity contribution in [1.82, 2.24) is 0 Å². The summed E-state index contributed by atoms with van der Waals surface area (Å²) in [5.74, 6) is 1.46. The summed E-state index contributed by atoms with van der Waals surface area (Å²) in [6.07, 6.45) is 0. The average molecular weight is 309 g/mol. The van der Waals surface area contributed by atoms with E-state index in [1.165, 1.54) is 6.07 Å².